The molecular weight excluding hydrogens is 188 g/mol. The Labute approximate surface area is 91.3 Å². The molecule has 0 N–H and O–H groups in total. The van der Waals surface area contributed by atoms with Crippen LogP contribution in [0.5, 0.6) is 0 Å². The maximum atomic E-state index is 11.1. The Hall–Kier alpha value is -1.31. The van der Waals surface area contributed by atoms with Crippen LogP contribution in [0.2, 0.25) is 0 Å². The van der Waals surface area contributed by atoms with Gasteiger partial charge in [0.25, 0.3) is 0 Å². The number of hydrogen-bond donors (Lipinski definition) is 0. The summed E-state index contributed by atoms with van der Waals surface area (Å²) < 4.78 is 5.48. The van der Waals surface area contributed by atoms with E-state index in [-0.39, 0.29) is 5.97 Å². The first-order valence-electron chi connectivity index (χ1n) is 5.30. The van der Waals surface area contributed by atoms with E-state index in [1.807, 2.05) is 6.08 Å². The van der Waals surface area contributed by atoms with Gasteiger partial charge in [-0.3, -0.25) is 4.79 Å². The third kappa shape index (κ3) is 2.58. The Bertz CT molecular complexity index is 294. The van der Waals surface area contributed by atoms with E-state index < -0.39 is 5.60 Å². The molecule has 2 heteroatoms. The first-order chi connectivity index (χ1) is 7.14. The number of allylic oxidation sites excluding steroid dienone is 2. The van der Waals surface area contributed by atoms with E-state index in [9.17, 15) is 4.79 Å². The maximum absolute atomic E-state index is 11.1. The molecule has 1 rings (SSSR count). The van der Waals surface area contributed by atoms with Gasteiger partial charge in [0, 0.05) is 6.92 Å². The summed E-state index contributed by atoms with van der Waals surface area (Å²) in [4.78, 5) is 11.1. The van der Waals surface area contributed by atoms with Crippen LogP contribution in [0, 0.1) is 0 Å². The highest BCUT2D eigenvalue weighted by Crippen LogP contribution is 2.39. The second-order valence-electron chi connectivity index (χ2n) is 3.86. The number of carbonyl (C=O) groups is 1. The Balaban J connectivity index is 2.98. The topological polar surface area (TPSA) is 26.3 Å². The molecule has 0 unspecified atom stereocenters. The van der Waals surface area contributed by atoms with Crippen LogP contribution in [0.25, 0.3) is 0 Å². The van der Waals surface area contributed by atoms with Crippen LogP contribution in [-0.2, 0) is 9.53 Å². The molecule has 0 atom stereocenters. The van der Waals surface area contributed by atoms with Crippen LogP contribution in [0.15, 0.2) is 37.0 Å². The number of esters is 1. The predicted octanol–water partition coefficient (Wildman–Crippen LogP) is 3.16. The summed E-state index contributed by atoms with van der Waals surface area (Å²) in [5.41, 5.74) is 0.520. The zero-order valence-electron chi connectivity index (χ0n) is 9.29. The van der Waals surface area contributed by atoms with Gasteiger partial charge in [0.2, 0.25) is 0 Å². The SMILES string of the molecule is C=C/C=C(\C=C)C1(OC(C)=O)CCCC1. The van der Waals surface area contributed by atoms with Gasteiger partial charge >= 0.3 is 5.97 Å². The van der Waals surface area contributed by atoms with Crippen molar-refractivity contribution >= 4 is 5.97 Å². The summed E-state index contributed by atoms with van der Waals surface area (Å²) in [7, 11) is 0. The fraction of sp³-hybridized carbons (Fsp3) is 0.462. The summed E-state index contributed by atoms with van der Waals surface area (Å²) in [6, 6.07) is 0. The fourth-order valence-corrected chi connectivity index (χ4v) is 2.20. The normalized spacial score (nSPS) is 19.7. The summed E-state index contributed by atoms with van der Waals surface area (Å²) in [6.07, 6.45) is 9.31. The van der Waals surface area contributed by atoms with E-state index in [2.05, 4.69) is 13.2 Å². The van der Waals surface area contributed by atoms with Crippen molar-refractivity contribution in [3.8, 4) is 0 Å². The highest BCUT2D eigenvalue weighted by molar-refractivity contribution is 5.67. The van der Waals surface area contributed by atoms with Crippen LogP contribution >= 0.6 is 0 Å². The molecule has 15 heavy (non-hydrogen) atoms. The van der Waals surface area contributed by atoms with Gasteiger partial charge in [0.05, 0.1) is 0 Å². The number of hydrogen-bond acceptors (Lipinski definition) is 2. The van der Waals surface area contributed by atoms with Gasteiger partial charge in [0.1, 0.15) is 5.60 Å². The van der Waals surface area contributed by atoms with Crippen molar-refractivity contribution in [2.45, 2.75) is 38.2 Å². The molecule has 1 aliphatic carbocycles. The molecule has 0 spiro atoms. The highest BCUT2D eigenvalue weighted by atomic mass is 16.6. The Morgan fingerprint density at radius 3 is 2.33 bits per heavy atom. The molecule has 0 aromatic heterocycles. The van der Waals surface area contributed by atoms with E-state index in [4.69, 9.17) is 4.74 Å². The fourth-order valence-electron chi connectivity index (χ4n) is 2.20. The smallest absolute Gasteiger partial charge is 0.303 e. The van der Waals surface area contributed by atoms with Crippen LogP contribution in [0.3, 0.4) is 0 Å². The summed E-state index contributed by atoms with van der Waals surface area (Å²) >= 11 is 0. The highest BCUT2D eigenvalue weighted by Gasteiger charge is 2.39. The molecule has 0 saturated heterocycles. The van der Waals surface area contributed by atoms with Crippen molar-refractivity contribution in [3.63, 3.8) is 0 Å². The second-order valence-corrected chi connectivity index (χ2v) is 3.86. The minimum Gasteiger partial charge on any atom is -0.454 e. The number of ether oxygens (including phenoxy) is 1. The van der Waals surface area contributed by atoms with Crippen molar-refractivity contribution in [3.05, 3.63) is 37.0 Å². The average molecular weight is 206 g/mol. The minimum absolute atomic E-state index is 0.228. The molecule has 1 fully saturated rings. The zero-order valence-corrected chi connectivity index (χ0v) is 9.29. The minimum atomic E-state index is -0.443. The number of rotatable bonds is 4. The standard InChI is InChI=1S/C13H18O2/c1-4-8-12(5-2)13(15-11(3)14)9-6-7-10-13/h4-5,8H,1-2,6-7,9-10H2,3H3/b12-8+. The molecule has 1 aliphatic rings. The van der Waals surface area contributed by atoms with E-state index in [1.54, 1.807) is 12.2 Å². The Kier molecular flexibility index (Phi) is 3.89. The van der Waals surface area contributed by atoms with Crippen molar-refractivity contribution < 1.29 is 9.53 Å². The molecule has 0 aromatic rings. The van der Waals surface area contributed by atoms with Gasteiger partial charge in [-0.2, -0.15) is 0 Å². The maximum Gasteiger partial charge on any atom is 0.303 e. The van der Waals surface area contributed by atoms with Crippen molar-refractivity contribution in [1.29, 1.82) is 0 Å². The molecule has 0 radical (unpaired) electrons. The molecule has 0 heterocycles. The molecule has 0 bridgehead atoms. The summed E-state index contributed by atoms with van der Waals surface area (Å²) in [5.74, 6) is -0.228. The van der Waals surface area contributed by atoms with Crippen molar-refractivity contribution in [2.24, 2.45) is 0 Å². The van der Waals surface area contributed by atoms with Crippen LogP contribution in [-0.4, -0.2) is 11.6 Å². The monoisotopic (exact) mass is 206 g/mol. The molecule has 0 aliphatic heterocycles. The molecular formula is C13H18O2. The first kappa shape index (κ1) is 11.8. The lowest BCUT2D eigenvalue weighted by Gasteiger charge is -2.29. The van der Waals surface area contributed by atoms with Gasteiger partial charge in [-0.1, -0.05) is 31.4 Å². The zero-order chi connectivity index (χ0) is 11.3. The van der Waals surface area contributed by atoms with Crippen LogP contribution < -0.4 is 0 Å². The summed E-state index contributed by atoms with van der Waals surface area (Å²) in [6.45, 7) is 8.89. The second kappa shape index (κ2) is 4.96. The van der Waals surface area contributed by atoms with Gasteiger partial charge in [-0.05, 0) is 31.3 Å². The van der Waals surface area contributed by atoms with E-state index in [0.717, 1.165) is 31.3 Å². The lowest BCUT2D eigenvalue weighted by molar-refractivity contribution is -0.152. The van der Waals surface area contributed by atoms with Crippen molar-refractivity contribution in [2.75, 3.05) is 0 Å². The lowest BCUT2D eigenvalue weighted by atomic mass is 9.91. The van der Waals surface area contributed by atoms with Gasteiger partial charge in [0.15, 0.2) is 0 Å². The third-order valence-electron chi connectivity index (χ3n) is 2.79. The predicted molar refractivity (Wildman–Crippen MR) is 61.4 cm³/mol. The molecule has 2 nitrogen and oxygen atoms in total. The van der Waals surface area contributed by atoms with E-state index >= 15 is 0 Å². The first-order valence-corrected chi connectivity index (χ1v) is 5.30. The average Bonchev–Trinajstić information content (AvgIpc) is 2.62. The lowest BCUT2D eigenvalue weighted by Crippen LogP contribution is -2.32. The number of carbonyl (C=O) groups excluding carboxylic acids is 1. The van der Waals surface area contributed by atoms with Crippen molar-refractivity contribution in [1.82, 2.24) is 0 Å². The quantitative estimate of drug-likeness (QED) is 0.521. The third-order valence-corrected chi connectivity index (χ3v) is 2.79. The Morgan fingerprint density at radius 2 is 1.93 bits per heavy atom. The molecule has 82 valence electrons. The largest absolute Gasteiger partial charge is 0.454 e. The van der Waals surface area contributed by atoms with E-state index in [0.29, 0.717) is 0 Å². The molecule has 0 aromatic carbocycles. The van der Waals surface area contributed by atoms with Gasteiger partial charge in [-0.25, -0.2) is 0 Å². The van der Waals surface area contributed by atoms with Gasteiger partial charge < -0.3 is 4.74 Å². The van der Waals surface area contributed by atoms with E-state index in [1.165, 1.54) is 6.92 Å². The van der Waals surface area contributed by atoms with Crippen LogP contribution in [0.4, 0.5) is 0 Å². The Morgan fingerprint density at radius 1 is 1.33 bits per heavy atom. The van der Waals surface area contributed by atoms with Gasteiger partial charge in [-0.15, -0.1) is 0 Å². The molecule has 1 saturated carbocycles. The summed E-state index contributed by atoms with van der Waals surface area (Å²) in [5, 5.41) is 0. The molecule has 0 amide bonds. The van der Waals surface area contributed by atoms with Crippen LogP contribution in [0.1, 0.15) is 32.6 Å².